The Morgan fingerprint density at radius 3 is 2.43 bits per heavy atom. The highest BCUT2D eigenvalue weighted by Crippen LogP contribution is 2.27. The number of hydrogen-bond acceptors (Lipinski definition) is 6. The third-order valence-corrected chi connectivity index (χ3v) is 5.38. The van der Waals surface area contributed by atoms with Gasteiger partial charge in [-0.15, -0.1) is 0 Å². The van der Waals surface area contributed by atoms with Crippen molar-refractivity contribution < 1.29 is 0 Å². The summed E-state index contributed by atoms with van der Waals surface area (Å²) in [5.74, 6) is 0.557. The van der Waals surface area contributed by atoms with Crippen molar-refractivity contribution in [3.05, 3.63) is 61.9 Å². The minimum Gasteiger partial charge on any atom is -0.341 e. The third-order valence-electron chi connectivity index (χ3n) is 5.14. The van der Waals surface area contributed by atoms with Gasteiger partial charge in [-0.25, -0.2) is 9.97 Å². The second kappa shape index (κ2) is 7.09. The van der Waals surface area contributed by atoms with E-state index < -0.39 is 11.1 Å². The lowest BCUT2D eigenvalue weighted by Crippen LogP contribution is -2.45. The van der Waals surface area contributed by atoms with Crippen molar-refractivity contribution in [3.8, 4) is 6.07 Å². The molecule has 3 heterocycles. The average Bonchev–Trinajstić information content (AvgIpc) is 2.73. The lowest BCUT2D eigenvalue weighted by Gasteiger charge is -2.33. The molecule has 0 aliphatic carbocycles. The molecule has 28 heavy (non-hydrogen) atoms. The van der Waals surface area contributed by atoms with E-state index >= 15 is 0 Å². The number of rotatable bonds is 2. The Morgan fingerprint density at radius 2 is 1.79 bits per heavy atom. The van der Waals surface area contributed by atoms with Crippen LogP contribution in [0.5, 0.6) is 0 Å². The van der Waals surface area contributed by atoms with E-state index in [9.17, 15) is 9.59 Å². The molecule has 0 saturated carbocycles. The Bertz CT molecular complexity index is 1200. The first kappa shape index (κ1) is 18.2. The van der Waals surface area contributed by atoms with Gasteiger partial charge in [0.1, 0.15) is 6.07 Å². The summed E-state index contributed by atoms with van der Waals surface area (Å²) < 4.78 is 2.95. The number of aryl methyl sites for hydroxylation is 1. The Morgan fingerprint density at radius 1 is 1.11 bits per heavy atom. The fraction of sp³-hybridized carbons (Fsp3) is 0.316. The molecule has 0 unspecified atom stereocenters. The first-order valence-electron chi connectivity index (χ1n) is 8.87. The number of anilines is 1. The van der Waals surface area contributed by atoms with Gasteiger partial charge in [-0.3, -0.25) is 14.2 Å². The average molecular weight is 397 g/mol. The van der Waals surface area contributed by atoms with E-state index in [-0.39, 0.29) is 6.04 Å². The van der Waals surface area contributed by atoms with Crippen molar-refractivity contribution in [2.75, 3.05) is 18.0 Å². The lowest BCUT2D eigenvalue weighted by atomic mass is 10.0. The summed E-state index contributed by atoms with van der Waals surface area (Å²) in [6.45, 7) is 1.28. The molecule has 0 radical (unpaired) electrons. The second-order valence-corrected chi connectivity index (χ2v) is 7.21. The summed E-state index contributed by atoms with van der Waals surface area (Å²) in [6.07, 6.45) is 4.32. The van der Waals surface area contributed by atoms with Gasteiger partial charge in [-0.1, -0.05) is 11.6 Å². The summed E-state index contributed by atoms with van der Waals surface area (Å²) in [4.78, 5) is 35.6. The zero-order chi connectivity index (χ0) is 19.8. The first-order valence-corrected chi connectivity index (χ1v) is 9.25. The molecule has 8 nitrogen and oxygen atoms in total. The standard InChI is InChI=1S/C19H17ClN6O2/c1-24-15-3-2-13(20)8-16(15)26(18(28)17(24)27)14-4-6-25(7-5-14)19-22-10-12(9-21)11-23-19/h2-3,8,10-11,14H,4-7H2,1H3. The van der Waals surface area contributed by atoms with Crippen LogP contribution in [0.1, 0.15) is 24.4 Å². The van der Waals surface area contributed by atoms with Crippen LogP contribution in [0, 0.1) is 11.3 Å². The molecule has 1 aromatic carbocycles. The summed E-state index contributed by atoms with van der Waals surface area (Å²) in [6, 6.07) is 7.09. The van der Waals surface area contributed by atoms with Crippen LogP contribution < -0.4 is 16.0 Å². The van der Waals surface area contributed by atoms with Crippen molar-refractivity contribution in [2.24, 2.45) is 7.05 Å². The molecule has 0 bridgehead atoms. The molecule has 0 atom stereocenters. The number of fused-ring (bicyclic) bond motifs is 1. The maximum absolute atomic E-state index is 12.8. The molecule has 1 saturated heterocycles. The van der Waals surface area contributed by atoms with Crippen LogP contribution in [0.4, 0.5) is 5.95 Å². The van der Waals surface area contributed by atoms with Crippen LogP contribution in [0.15, 0.2) is 40.2 Å². The van der Waals surface area contributed by atoms with Gasteiger partial charge in [0.15, 0.2) is 0 Å². The van der Waals surface area contributed by atoms with Gasteiger partial charge in [0.05, 0.1) is 29.0 Å². The molecule has 1 fully saturated rings. The van der Waals surface area contributed by atoms with Crippen molar-refractivity contribution in [2.45, 2.75) is 18.9 Å². The summed E-state index contributed by atoms with van der Waals surface area (Å²) in [7, 11) is 1.59. The van der Waals surface area contributed by atoms with E-state index in [1.54, 1.807) is 29.8 Å². The maximum Gasteiger partial charge on any atom is 0.317 e. The predicted molar refractivity (Wildman–Crippen MR) is 106 cm³/mol. The van der Waals surface area contributed by atoms with Crippen LogP contribution >= 0.6 is 11.6 Å². The maximum atomic E-state index is 12.8. The van der Waals surface area contributed by atoms with E-state index in [4.69, 9.17) is 16.9 Å². The van der Waals surface area contributed by atoms with E-state index in [1.165, 1.54) is 17.0 Å². The summed E-state index contributed by atoms with van der Waals surface area (Å²) in [5, 5.41) is 9.38. The number of benzene rings is 1. The topological polar surface area (TPSA) is 96.8 Å². The van der Waals surface area contributed by atoms with Gasteiger partial charge >= 0.3 is 11.1 Å². The molecule has 0 spiro atoms. The van der Waals surface area contributed by atoms with E-state index in [2.05, 4.69) is 9.97 Å². The number of aromatic nitrogens is 4. The van der Waals surface area contributed by atoms with Gasteiger partial charge in [0.25, 0.3) is 0 Å². The molecular formula is C19H17ClN6O2. The van der Waals surface area contributed by atoms with Crippen LogP contribution in [0.2, 0.25) is 5.02 Å². The molecule has 2 aromatic heterocycles. The van der Waals surface area contributed by atoms with Gasteiger partial charge in [0, 0.05) is 31.2 Å². The first-order chi connectivity index (χ1) is 13.5. The molecule has 142 valence electrons. The molecule has 1 aliphatic heterocycles. The Balaban J connectivity index is 1.67. The zero-order valence-corrected chi connectivity index (χ0v) is 15.9. The Hall–Kier alpha value is -3.18. The number of halogens is 1. The zero-order valence-electron chi connectivity index (χ0n) is 15.2. The monoisotopic (exact) mass is 396 g/mol. The number of nitriles is 1. The van der Waals surface area contributed by atoms with Crippen LogP contribution in [-0.2, 0) is 7.05 Å². The molecule has 9 heteroatoms. The predicted octanol–water partition coefficient (Wildman–Crippen LogP) is 1.86. The van der Waals surface area contributed by atoms with E-state index in [0.29, 0.717) is 53.5 Å². The second-order valence-electron chi connectivity index (χ2n) is 6.77. The van der Waals surface area contributed by atoms with E-state index in [0.717, 1.165) is 0 Å². The van der Waals surface area contributed by atoms with Crippen molar-refractivity contribution >= 4 is 28.6 Å². The summed E-state index contributed by atoms with van der Waals surface area (Å²) >= 11 is 6.15. The smallest absolute Gasteiger partial charge is 0.317 e. The highest BCUT2D eigenvalue weighted by atomic mass is 35.5. The third kappa shape index (κ3) is 3.04. The largest absolute Gasteiger partial charge is 0.341 e. The quantitative estimate of drug-likeness (QED) is 0.613. The van der Waals surface area contributed by atoms with Crippen molar-refractivity contribution in [1.82, 2.24) is 19.1 Å². The van der Waals surface area contributed by atoms with Crippen molar-refractivity contribution in [1.29, 1.82) is 5.26 Å². The van der Waals surface area contributed by atoms with Gasteiger partial charge in [-0.2, -0.15) is 5.26 Å². The highest BCUT2D eigenvalue weighted by Gasteiger charge is 2.25. The fourth-order valence-electron chi connectivity index (χ4n) is 3.67. The van der Waals surface area contributed by atoms with Gasteiger partial charge in [0.2, 0.25) is 5.95 Å². The van der Waals surface area contributed by atoms with E-state index in [1.807, 2.05) is 11.0 Å². The molecule has 0 N–H and O–H groups in total. The normalized spacial score (nSPS) is 15.0. The number of hydrogen-bond donors (Lipinski definition) is 0. The molecule has 4 rings (SSSR count). The summed E-state index contributed by atoms with van der Waals surface area (Å²) in [5.41, 5.74) is 0.659. The molecule has 3 aromatic rings. The molecule has 0 amide bonds. The number of nitrogens with zero attached hydrogens (tertiary/aromatic N) is 6. The Labute approximate surface area is 165 Å². The van der Waals surface area contributed by atoms with Crippen LogP contribution in [0.3, 0.4) is 0 Å². The van der Waals surface area contributed by atoms with Gasteiger partial charge < -0.3 is 9.47 Å². The molecule has 1 aliphatic rings. The number of piperidine rings is 1. The SMILES string of the molecule is Cn1c(=O)c(=O)n(C2CCN(c3ncc(C#N)cn3)CC2)c2cc(Cl)ccc21. The minimum absolute atomic E-state index is 0.114. The van der Waals surface area contributed by atoms with Gasteiger partial charge in [-0.05, 0) is 31.0 Å². The minimum atomic E-state index is -0.548. The fourth-order valence-corrected chi connectivity index (χ4v) is 3.83. The van der Waals surface area contributed by atoms with Crippen molar-refractivity contribution in [3.63, 3.8) is 0 Å². The highest BCUT2D eigenvalue weighted by molar-refractivity contribution is 6.31. The van der Waals surface area contributed by atoms with Crippen LogP contribution in [-0.4, -0.2) is 32.2 Å². The lowest BCUT2D eigenvalue weighted by molar-refractivity contribution is 0.391. The van der Waals surface area contributed by atoms with Crippen LogP contribution in [0.25, 0.3) is 11.0 Å². The Kier molecular flexibility index (Phi) is 4.61. The molecular weight excluding hydrogens is 380 g/mol.